The second kappa shape index (κ2) is 6.98. The van der Waals surface area contributed by atoms with Crippen LogP contribution in [0.1, 0.15) is 41.0 Å². The normalized spacial score (nSPS) is 17.6. The van der Waals surface area contributed by atoms with Gasteiger partial charge in [0, 0.05) is 13.1 Å². The van der Waals surface area contributed by atoms with Crippen molar-refractivity contribution in [2.45, 2.75) is 52.7 Å². The summed E-state index contributed by atoms with van der Waals surface area (Å²) >= 11 is 0. The van der Waals surface area contributed by atoms with Gasteiger partial charge in [-0.1, -0.05) is 13.8 Å². The van der Waals surface area contributed by atoms with E-state index >= 15 is 0 Å². The Kier molecular flexibility index (Phi) is 5.79. The molecule has 1 atom stereocenters. The quantitative estimate of drug-likeness (QED) is 0.851. The predicted octanol–water partition coefficient (Wildman–Crippen LogP) is 1.56. The minimum Gasteiger partial charge on any atom is -0.480 e. The lowest BCUT2D eigenvalue weighted by molar-refractivity contribution is -0.153. The lowest BCUT2D eigenvalue weighted by atomic mass is 10.0. The lowest BCUT2D eigenvalue weighted by Gasteiger charge is -2.38. The molecular weight excluding hydrogens is 288 g/mol. The highest BCUT2D eigenvalue weighted by molar-refractivity contribution is 5.87. The Morgan fingerprint density at radius 2 is 1.86 bits per heavy atom. The van der Waals surface area contributed by atoms with Crippen LogP contribution in [0.2, 0.25) is 0 Å². The topological polar surface area (TPSA) is 87.2 Å². The molecule has 22 heavy (non-hydrogen) atoms. The highest BCUT2D eigenvalue weighted by Crippen LogP contribution is 2.17. The van der Waals surface area contributed by atoms with Crippen LogP contribution >= 0.6 is 0 Å². The fraction of sp³-hybridized carbons (Fsp3) is 0.800. The van der Waals surface area contributed by atoms with Crippen molar-refractivity contribution in [1.82, 2.24) is 9.80 Å². The van der Waals surface area contributed by atoms with Gasteiger partial charge in [-0.15, -0.1) is 0 Å². The maximum Gasteiger partial charge on any atom is 0.410 e. The SMILES string of the molecule is CC(C)C[C@@H](C(=O)O)N1CCN(C(=O)OC(C)(C)C)CC1=O. The van der Waals surface area contributed by atoms with Gasteiger partial charge in [0.05, 0.1) is 0 Å². The van der Waals surface area contributed by atoms with Gasteiger partial charge in [-0.25, -0.2) is 9.59 Å². The fourth-order valence-corrected chi connectivity index (χ4v) is 2.31. The van der Waals surface area contributed by atoms with Crippen molar-refractivity contribution < 1.29 is 24.2 Å². The Bertz CT molecular complexity index is 442. The van der Waals surface area contributed by atoms with Crippen LogP contribution in [0.25, 0.3) is 0 Å². The summed E-state index contributed by atoms with van der Waals surface area (Å²) in [5.41, 5.74) is -0.626. The molecule has 0 saturated carbocycles. The van der Waals surface area contributed by atoms with Crippen LogP contribution < -0.4 is 0 Å². The first-order chi connectivity index (χ1) is 10.0. The Hall–Kier alpha value is -1.79. The van der Waals surface area contributed by atoms with Gasteiger partial charge in [-0.2, -0.15) is 0 Å². The molecule has 1 heterocycles. The number of hydrogen-bond acceptors (Lipinski definition) is 4. The Morgan fingerprint density at radius 1 is 1.27 bits per heavy atom. The van der Waals surface area contributed by atoms with Crippen molar-refractivity contribution in [1.29, 1.82) is 0 Å². The van der Waals surface area contributed by atoms with Crippen molar-refractivity contribution in [3.63, 3.8) is 0 Å². The maximum atomic E-state index is 12.2. The summed E-state index contributed by atoms with van der Waals surface area (Å²) in [6.07, 6.45) is -0.149. The molecule has 2 amide bonds. The van der Waals surface area contributed by atoms with Crippen LogP contribution in [0.3, 0.4) is 0 Å². The number of carboxylic acids is 1. The molecule has 0 aromatic heterocycles. The monoisotopic (exact) mass is 314 g/mol. The first-order valence-electron chi connectivity index (χ1n) is 7.51. The average molecular weight is 314 g/mol. The number of carboxylic acid groups (broad SMARTS) is 1. The van der Waals surface area contributed by atoms with Gasteiger partial charge in [-0.3, -0.25) is 9.69 Å². The van der Waals surface area contributed by atoms with Crippen LogP contribution in [-0.4, -0.2) is 64.2 Å². The van der Waals surface area contributed by atoms with Crippen LogP contribution in [0, 0.1) is 5.92 Å². The summed E-state index contributed by atoms with van der Waals surface area (Å²) in [6.45, 7) is 9.44. The molecule has 1 saturated heterocycles. The van der Waals surface area contributed by atoms with Gasteiger partial charge in [0.15, 0.2) is 0 Å². The first-order valence-corrected chi connectivity index (χ1v) is 7.51. The third-order valence-electron chi connectivity index (χ3n) is 3.26. The van der Waals surface area contributed by atoms with E-state index in [9.17, 15) is 19.5 Å². The molecule has 1 aliphatic heterocycles. The second-order valence-corrected chi connectivity index (χ2v) is 6.97. The number of aliphatic carboxylic acids is 1. The van der Waals surface area contributed by atoms with Crippen LogP contribution in [0.4, 0.5) is 4.79 Å². The predicted molar refractivity (Wildman–Crippen MR) is 80.4 cm³/mol. The van der Waals surface area contributed by atoms with Gasteiger partial charge >= 0.3 is 12.1 Å². The van der Waals surface area contributed by atoms with E-state index in [1.165, 1.54) is 9.80 Å². The number of amides is 2. The third kappa shape index (κ3) is 5.20. The molecule has 0 aliphatic carbocycles. The molecule has 7 nitrogen and oxygen atoms in total. The minimum atomic E-state index is -1.01. The average Bonchev–Trinajstić information content (AvgIpc) is 2.33. The van der Waals surface area contributed by atoms with E-state index in [0.717, 1.165) is 0 Å². The Labute approximate surface area is 131 Å². The first kappa shape index (κ1) is 18.3. The standard InChI is InChI=1S/C15H26N2O5/c1-10(2)8-11(13(19)20)17-7-6-16(9-12(17)18)14(21)22-15(3,4)5/h10-11H,6-9H2,1-5H3,(H,19,20)/t11-/m0/s1. The van der Waals surface area contributed by atoms with Crippen LogP contribution in [0.15, 0.2) is 0 Å². The smallest absolute Gasteiger partial charge is 0.410 e. The number of carbonyl (C=O) groups excluding carboxylic acids is 2. The molecular formula is C15H26N2O5. The summed E-state index contributed by atoms with van der Waals surface area (Å²) in [4.78, 5) is 38.2. The van der Waals surface area contributed by atoms with Gasteiger partial charge in [0.25, 0.3) is 0 Å². The van der Waals surface area contributed by atoms with Crippen LogP contribution in [0.5, 0.6) is 0 Å². The van der Waals surface area contributed by atoms with Gasteiger partial charge in [0.1, 0.15) is 18.2 Å². The number of rotatable bonds is 4. The van der Waals surface area contributed by atoms with E-state index in [-0.39, 0.29) is 31.5 Å². The van der Waals surface area contributed by atoms with Gasteiger partial charge in [0.2, 0.25) is 5.91 Å². The molecule has 126 valence electrons. The van der Waals surface area contributed by atoms with Gasteiger partial charge in [-0.05, 0) is 33.1 Å². The van der Waals surface area contributed by atoms with E-state index in [0.29, 0.717) is 6.42 Å². The molecule has 1 N–H and O–H groups in total. The third-order valence-corrected chi connectivity index (χ3v) is 3.26. The number of piperazine rings is 1. The number of ether oxygens (including phenoxy) is 1. The molecule has 0 aromatic carbocycles. The zero-order valence-electron chi connectivity index (χ0n) is 14.0. The van der Waals surface area contributed by atoms with Crippen LogP contribution in [-0.2, 0) is 14.3 Å². The summed E-state index contributed by atoms with van der Waals surface area (Å²) in [7, 11) is 0. The molecule has 0 radical (unpaired) electrons. The lowest BCUT2D eigenvalue weighted by Crippen LogP contribution is -2.58. The summed E-state index contributed by atoms with van der Waals surface area (Å²) in [6, 6.07) is -0.840. The van der Waals surface area contributed by atoms with E-state index in [4.69, 9.17) is 4.74 Å². The highest BCUT2D eigenvalue weighted by Gasteiger charge is 2.36. The van der Waals surface area contributed by atoms with Crippen molar-refractivity contribution in [2.75, 3.05) is 19.6 Å². The highest BCUT2D eigenvalue weighted by atomic mass is 16.6. The molecule has 1 rings (SSSR count). The molecule has 0 spiro atoms. The van der Waals surface area contributed by atoms with Crippen molar-refractivity contribution in [2.24, 2.45) is 5.92 Å². The second-order valence-electron chi connectivity index (χ2n) is 6.97. The molecule has 0 unspecified atom stereocenters. The number of hydrogen-bond donors (Lipinski definition) is 1. The number of nitrogens with zero attached hydrogens (tertiary/aromatic N) is 2. The summed E-state index contributed by atoms with van der Waals surface area (Å²) < 4.78 is 5.23. The zero-order chi connectivity index (χ0) is 17.1. The van der Waals surface area contributed by atoms with Crippen molar-refractivity contribution in [3.8, 4) is 0 Å². The zero-order valence-corrected chi connectivity index (χ0v) is 14.0. The largest absolute Gasteiger partial charge is 0.480 e. The summed E-state index contributed by atoms with van der Waals surface area (Å²) in [5.74, 6) is -1.20. The Morgan fingerprint density at radius 3 is 2.27 bits per heavy atom. The van der Waals surface area contributed by atoms with Gasteiger partial charge < -0.3 is 14.7 Å². The molecule has 1 fully saturated rings. The Balaban J connectivity index is 2.71. The molecule has 0 aromatic rings. The summed E-state index contributed by atoms with van der Waals surface area (Å²) in [5, 5.41) is 9.32. The van der Waals surface area contributed by atoms with E-state index < -0.39 is 23.7 Å². The van der Waals surface area contributed by atoms with E-state index in [2.05, 4.69) is 0 Å². The van der Waals surface area contributed by atoms with E-state index in [1.54, 1.807) is 20.8 Å². The maximum absolute atomic E-state index is 12.2. The fourth-order valence-electron chi connectivity index (χ4n) is 2.31. The molecule has 7 heteroatoms. The van der Waals surface area contributed by atoms with Crippen molar-refractivity contribution >= 4 is 18.0 Å². The van der Waals surface area contributed by atoms with Crippen molar-refractivity contribution in [3.05, 3.63) is 0 Å². The molecule has 0 bridgehead atoms. The van der Waals surface area contributed by atoms with E-state index in [1.807, 2.05) is 13.8 Å². The minimum absolute atomic E-state index is 0.142. The molecule has 1 aliphatic rings. The number of carbonyl (C=O) groups is 3.